The molecule has 0 bridgehead atoms. The summed E-state index contributed by atoms with van der Waals surface area (Å²) in [7, 11) is 0. The first-order valence-corrected chi connectivity index (χ1v) is 0.532. The first-order chi connectivity index (χ1) is 1.00. The van der Waals surface area contributed by atoms with Crippen LogP contribution in [0.5, 0.6) is 0 Å². The van der Waals surface area contributed by atoms with Crippen molar-refractivity contribution in [1.82, 2.24) is 0 Å². The minimum absolute atomic E-state index is 0. The molecule has 0 rings (SSSR count). The van der Waals surface area contributed by atoms with Gasteiger partial charge in [0.05, 0.1) is 0 Å². The van der Waals surface area contributed by atoms with Gasteiger partial charge in [0.1, 0.15) is 0 Å². The van der Waals surface area contributed by atoms with E-state index in [1.54, 1.807) is 0 Å². The summed E-state index contributed by atoms with van der Waals surface area (Å²) in [5.41, 5.74) is 0. The van der Waals surface area contributed by atoms with Gasteiger partial charge in [0.2, 0.25) is 0 Å². The van der Waals surface area contributed by atoms with E-state index in [-0.39, 0.29) is 51.2 Å². The zero-order valence-corrected chi connectivity index (χ0v) is 6.40. The molecule has 0 heterocycles. The second-order valence-electron chi connectivity index (χ2n) is 0. The number of rotatable bonds is 0. The van der Waals surface area contributed by atoms with Gasteiger partial charge in [-0.3, -0.25) is 0 Å². The van der Waals surface area contributed by atoms with Gasteiger partial charge < -0.3 is 16.4 Å². The first-order valence-electron chi connectivity index (χ1n) is 0.129. The van der Waals surface area contributed by atoms with Crippen molar-refractivity contribution in [3.8, 4) is 0 Å². The molecule has 0 aromatic heterocycles. The molecule has 0 N–H and O–H groups in total. The molecule has 0 aliphatic heterocycles. The topological polar surface area (TPSA) is 103 Å². The van der Waals surface area contributed by atoms with Crippen molar-refractivity contribution in [2.75, 3.05) is 0 Å². The summed E-state index contributed by atoms with van der Waals surface area (Å²) in [6.07, 6.45) is 0. The zero-order chi connectivity index (χ0) is 2.00. The van der Waals surface area contributed by atoms with Gasteiger partial charge in [-0.2, -0.15) is 0 Å². The van der Waals surface area contributed by atoms with Gasteiger partial charge >= 0.3 is 54.0 Å². The summed E-state index contributed by atoms with van der Waals surface area (Å²) < 4.78 is 7.88. The van der Waals surface area contributed by atoms with Crippen molar-refractivity contribution in [1.29, 1.82) is 0 Å². The van der Waals surface area contributed by atoms with Gasteiger partial charge in [-0.05, 0) is 0 Å². The molecule has 0 atom stereocenters. The third kappa shape index (κ3) is 130. The molecule has 7 heavy (non-hydrogen) atoms. The Hall–Kier alpha value is 1.24. The summed E-state index contributed by atoms with van der Waals surface area (Å²) in [5, 5.41) is 0. The summed E-state index contributed by atoms with van der Waals surface area (Å²) in [5.74, 6) is 0. The molecule has 0 fully saturated rings. The molecule has 7 heteroatoms. The van der Waals surface area contributed by atoms with Crippen LogP contribution < -0.4 is 0 Å². The SMILES string of the molecule is [Al+3].[Al+3].[O-2].[O-2].[O-2].[O]=[Ni]. The molecule has 0 amide bonds. The Bertz CT molecular complexity index is 9.65. The molecule has 0 spiro atoms. The van der Waals surface area contributed by atoms with Crippen LogP contribution in [0.4, 0.5) is 0 Å². The van der Waals surface area contributed by atoms with Crippen molar-refractivity contribution in [2.45, 2.75) is 0 Å². The van der Waals surface area contributed by atoms with Crippen LogP contribution in [0.25, 0.3) is 0 Å². The van der Waals surface area contributed by atoms with Crippen molar-refractivity contribution >= 4 is 34.7 Å². The monoisotopic (exact) mass is 176 g/mol. The van der Waals surface area contributed by atoms with Crippen LogP contribution in [0.1, 0.15) is 0 Å². The molecule has 40 valence electrons. The summed E-state index contributed by atoms with van der Waals surface area (Å²) in [6, 6.07) is 0. The Morgan fingerprint density at radius 3 is 0.714 bits per heavy atom. The standard InChI is InChI=1S/2Al.Ni.4O/q2*+3;;;3*-2. The van der Waals surface area contributed by atoms with Crippen LogP contribution in [0.3, 0.4) is 0 Å². The van der Waals surface area contributed by atoms with Crippen LogP contribution in [-0.4, -0.2) is 34.7 Å². The molecule has 0 saturated heterocycles. The third-order valence-corrected chi connectivity index (χ3v) is 0. The molecule has 0 saturated carbocycles. The Kier molecular flexibility index (Phi) is 2260. The van der Waals surface area contributed by atoms with Gasteiger partial charge in [0.25, 0.3) is 0 Å². The van der Waals surface area contributed by atoms with Crippen LogP contribution in [0.2, 0.25) is 0 Å². The normalized spacial score (nSPS) is 0.857. The van der Waals surface area contributed by atoms with Crippen molar-refractivity contribution < 1.29 is 35.7 Å². The van der Waals surface area contributed by atoms with Crippen LogP contribution in [-0.2, 0) is 35.7 Å². The van der Waals surface area contributed by atoms with E-state index in [2.05, 4.69) is 15.4 Å². The van der Waals surface area contributed by atoms with E-state index < -0.39 is 0 Å². The first kappa shape index (κ1) is 86.1. The Labute approximate surface area is 70.4 Å². The van der Waals surface area contributed by atoms with Gasteiger partial charge in [-0.1, -0.05) is 0 Å². The fraction of sp³-hybridized carbons (Fsp3) is 0. The van der Waals surface area contributed by atoms with E-state index >= 15 is 0 Å². The fourth-order valence-corrected chi connectivity index (χ4v) is 0. The molecule has 0 aromatic rings. The third-order valence-electron chi connectivity index (χ3n) is 0. The van der Waals surface area contributed by atoms with Gasteiger partial charge in [-0.25, -0.2) is 0 Å². The van der Waals surface area contributed by atoms with E-state index in [1.807, 2.05) is 0 Å². The molecule has 0 unspecified atom stereocenters. The Balaban J connectivity index is -0.000000000500. The number of hydrogen-bond acceptors (Lipinski definition) is 1. The summed E-state index contributed by atoms with van der Waals surface area (Å²) in [4.78, 5) is 0. The summed E-state index contributed by atoms with van der Waals surface area (Å²) >= 11 is 2.62. The van der Waals surface area contributed by atoms with E-state index in [4.69, 9.17) is 3.90 Å². The van der Waals surface area contributed by atoms with Crippen LogP contribution >= 0.6 is 0 Å². The van der Waals surface area contributed by atoms with Crippen LogP contribution in [0.15, 0.2) is 0 Å². The molecule has 4 nitrogen and oxygen atoms in total. The van der Waals surface area contributed by atoms with Crippen molar-refractivity contribution in [3.63, 3.8) is 0 Å². The van der Waals surface area contributed by atoms with E-state index in [0.29, 0.717) is 0 Å². The van der Waals surface area contributed by atoms with Gasteiger partial charge in [-0.15, -0.1) is 0 Å². The zero-order valence-electron chi connectivity index (χ0n) is 3.10. The average molecular weight is 177 g/mol. The Morgan fingerprint density at radius 1 is 0.714 bits per heavy atom. The summed E-state index contributed by atoms with van der Waals surface area (Å²) in [6.45, 7) is 0. The second-order valence-corrected chi connectivity index (χ2v) is 0. The number of hydrogen-bond donors (Lipinski definition) is 0. The van der Waals surface area contributed by atoms with Gasteiger partial charge in [0, 0.05) is 0 Å². The molecule has 0 aliphatic carbocycles. The predicted octanol–water partition coefficient (Wildman–Crippen LogP) is -1.24. The molecule has 0 aromatic carbocycles. The van der Waals surface area contributed by atoms with Crippen molar-refractivity contribution in [2.24, 2.45) is 0 Å². The maximum atomic E-state index is 7.88. The fourth-order valence-electron chi connectivity index (χ4n) is 0. The van der Waals surface area contributed by atoms with Crippen LogP contribution in [0, 0.1) is 0 Å². The minimum atomic E-state index is 0. The Morgan fingerprint density at radius 2 is 0.714 bits per heavy atom. The predicted molar refractivity (Wildman–Crippen MR) is 14.3 cm³/mol. The second kappa shape index (κ2) is 184. The van der Waals surface area contributed by atoms with Crippen molar-refractivity contribution in [3.05, 3.63) is 0 Å². The molecular formula is Al2NiO4. The molecule has 0 radical (unpaired) electrons. The van der Waals surface area contributed by atoms with E-state index in [0.717, 1.165) is 0 Å². The maximum absolute atomic E-state index is 7.88. The quantitative estimate of drug-likeness (QED) is 0.424. The van der Waals surface area contributed by atoms with E-state index in [1.165, 1.54) is 0 Å². The van der Waals surface area contributed by atoms with Gasteiger partial charge in [0.15, 0.2) is 0 Å². The molecular weight excluding hydrogens is 177 g/mol. The molecule has 0 aliphatic rings. The van der Waals surface area contributed by atoms with E-state index in [9.17, 15) is 0 Å². The average Bonchev–Trinajstić information content (AvgIpc) is 1.00.